The second-order valence-corrected chi connectivity index (χ2v) is 6.52. The van der Waals surface area contributed by atoms with Crippen LogP contribution in [0.5, 0.6) is 0 Å². The van der Waals surface area contributed by atoms with Crippen molar-refractivity contribution in [3.05, 3.63) is 54.6 Å². The van der Waals surface area contributed by atoms with E-state index in [0.717, 1.165) is 13.8 Å². The molecule has 1 aromatic heterocycles. The molecule has 1 heterocycles. The average Bonchev–Trinajstić information content (AvgIpc) is 2.63. The normalized spacial score (nSPS) is 12.7. The van der Waals surface area contributed by atoms with Crippen LogP contribution in [0, 0.1) is 0 Å². The third kappa shape index (κ3) is 3.04. The van der Waals surface area contributed by atoms with Gasteiger partial charge >= 0.3 is 0 Å². The zero-order valence-electron chi connectivity index (χ0n) is 9.01. The van der Waals surface area contributed by atoms with Crippen molar-refractivity contribution in [1.29, 1.82) is 0 Å². The molecule has 90 valence electrons. The lowest BCUT2D eigenvalue weighted by molar-refractivity contribution is 0.704. The summed E-state index contributed by atoms with van der Waals surface area (Å²) in [6.07, 6.45) is 0. The van der Waals surface area contributed by atoms with Crippen molar-refractivity contribution in [2.45, 2.75) is 6.04 Å². The summed E-state index contributed by atoms with van der Waals surface area (Å²) < 4.78 is 1.71. The Morgan fingerprint density at radius 2 is 1.88 bits per heavy atom. The lowest BCUT2D eigenvalue weighted by Crippen LogP contribution is -2.16. The van der Waals surface area contributed by atoms with Crippen molar-refractivity contribution in [3.63, 3.8) is 0 Å². The first-order chi connectivity index (χ1) is 8.11. The molecule has 0 aliphatic rings. The molecular weight excluding hydrogens is 341 g/mol. The summed E-state index contributed by atoms with van der Waals surface area (Å²) in [4.78, 5) is 1.17. The Hall–Kier alpha value is -0.0600. The number of rotatable bonds is 3. The number of nitrogens with one attached hydrogen (secondary N) is 1. The molecule has 1 atom stereocenters. The van der Waals surface area contributed by atoms with E-state index in [9.17, 15) is 0 Å². The summed E-state index contributed by atoms with van der Waals surface area (Å²) in [6.45, 7) is 0. The summed E-state index contributed by atoms with van der Waals surface area (Å²) in [5.41, 5.74) is 1.17. The van der Waals surface area contributed by atoms with Crippen LogP contribution < -0.4 is 5.32 Å². The zero-order chi connectivity index (χ0) is 12.4. The van der Waals surface area contributed by atoms with Crippen LogP contribution in [0.3, 0.4) is 0 Å². The van der Waals surface area contributed by atoms with E-state index in [0.29, 0.717) is 0 Å². The Labute approximate surface area is 123 Å². The van der Waals surface area contributed by atoms with Gasteiger partial charge in [-0.05, 0) is 46.7 Å². The highest BCUT2D eigenvalue weighted by Gasteiger charge is 2.16. The second-order valence-electron chi connectivity index (χ2n) is 3.54. The molecule has 17 heavy (non-hydrogen) atoms. The lowest BCUT2D eigenvalue weighted by atomic mass is 10.1. The minimum absolute atomic E-state index is 0.140. The molecule has 0 fully saturated rings. The fourth-order valence-electron chi connectivity index (χ4n) is 1.63. The van der Waals surface area contributed by atoms with Crippen molar-refractivity contribution in [2.75, 3.05) is 7.05 Å². The summed E-state index contributed by atoms with van der Waals surface area (Å²) in [5, 5.41) is 4.03. The average molecular weight is 351 g/mol. The van der Waals surface area contributed by atoms with Crippen molar-refractivity contribution in [2.24, 2.45) is 0 Å². The number of hydrogen-bond donors (Lipinski definition) is 1. The predicted molar refractivity (Wildman–Crippen MR) is 79.4 cm³/mol. The van der Waals surface area contributed by atoms with Gasteiger partial charge in [0.15, 0.2) is 0 Å². The summed E-state index contributed by atoms with van der Waals surface area (Å²) >= 11 is 17.0. The largest absolute Gasteiger partial charge is 0.309 e. The molecule has 1 aromatic carbocycles. The van der Waals surface area contributed by atoms with Crippen LogP contribution >= 0.6 is 50.5 Å². The molecule has 1 N–H and O–H groups in total. The van der Waals surface area contributed by atoms with Gasteiger partial charge in [-0.1, -0.05) is 35.3 Å². The standard InChI is InChI=1S/C12H10BrCl2NS/c1-16-11(7-2-4-8(14)5-3-7)10-6-9(13)12(15)17-10/h2-6,11,16H,1H3. The van der Waals surface area contributed by atoms with Gasteiger partial charge in [-0.25, -0.2) is 0 Å². The van der Waals surface area contributed by atoms with E-state index in [1.807, 2.05) is 37.4 Å². The lowest BCUT2D eigenvalue weighted by Gasteiger charge is -2.14. The van der Waals surface area contributed by atoms with E-state index in [-0.39, 0.29) is 6.04 Å². The number of hydrogen-bond acceptors (Lipinski definition) is 2. The molecule has 0 bridgehead atoms. The SMILES string of the molecule is CNC(c1ccc(Cl)cc1)c1cc(Br)c(Cl)s1. The van der Waals surface area contributed by atoms with Crippen LogP contribution in [0.2, 0.25) is 9.36 Å². The zero-order valence-corrected chi connectivity index (χ0v) is 12.9. The van der Waals surface area contributed by atoms with Crippen LogP contribution in [-0.2, 0) is 0 Å². The number of benzene rings is 1. The van der Waals surface area contributed by atoms with Gasteiger partial charge in [0, 0.05) is 14.4 Å². The Morgan fingerprint density at radius 1 is 1.24 bits per heavy atom. The van der Waals surface area contributed by atoms with E-state index in [1.54, 1.807) is 11.3 Å². The van der Waals surface area contributed by atoms with Gasteiger partial charge in [-0.3, -0.25) is 0 Å². The van der Waals surface area contributed by atoms with E-state index < -0.39 is 0 Å². The quantitative estimate of drug-likeness (QED) is 0.809. The molecule has 0 aliphatic heterocycles. The summed E-state index contributed by atoms with van der Waals surface area (Å²) in [7, 11) is 1.93. The summed E-state index contributed by atoms with van der Waals surface area (Å²) in [5.74, 6) is 0. The first kappa shape index (κ1) is 13.4. The van der Waals surface area contributed by atoms with Gasteiger partial charge in [-0.15, -0.1) is 11.3 Å². The Morgan fingerprint density at radius 3 is 2.35 bits per heavy atom. The molecule has 2 aromatic rings. The minimum Gasteiger partial charge on any atom is -0.309 e. The van der Waals surface area contributed by atoms with Gasteiger partial charge < -0.3 is 5.32 Å². The maximum absolute atomic E-state index is 6.07. The van der Waals surface area contributed by atoms with Crippen LogP contribution in [0.25, 0.3) is 0 Å². The highest BCUT2D eigenvalue weighted by atomic mass is 79.9. The Kier molecular flexibility index (Phi) is 4.50. The van der Waals surface area contributed by atoms with Crippen LogP contribution in [0.1, 0.15) is 16.5 Å². The molecule has 0 aliphatic carbocycles. The molecule has 0 spiro atoms. The topological polar surface area (TPSA) is 12.0 Å². The summed E-state index contributed by atoms with van der Waals surface area (Å²) in [6, 6.07) is 10.0. The van der Waals surface area contributed by atoms with Crippen molar-refractivity contribution in [1.82, 2.24) is 5.32 Å². The fourth-order valence-corrected chi connectivity index (χ4v) is 3.63. The van der Waals surface area contributed by atoms with Gasteiger partial charge in [0.1, 0.15) is 4.34 Å². The van der Waals surface area contributed by atoms with E-state index in [4.69, 9.17) is 23.2 Å². The van der Waals surface area contributed by atoms with E-state index in [2.05, 4.69) is 21.2 Å². The molecule has 0 amide bonds. The van der Waals surface area contributed by atoms with Crippen LogP contribution in [0.4, 0.5) is 0 Å². The third-order valence-electron chi connectivity index (χ3n) is 2.44. The molecule has 2 rings (SSSR count). The molecule has 5 heteroatoms. The minimum atomic E-state index is 0.140. The Bertz CT molecular complexity index is 490. The maximum atomic E-state index is 6.07. The highest BCUT2D eigenvalue weighted by Crippen LogP contribution is 2.37. The predicted octanol–water partition coefficient (Wildman–Crippen LogP) is 5.13. The molecular formula is C12H10BrCl2NS. The van der Waals surface area contributed by atoms with Gasteiger partial charge in [-0.2, -0.15) is 0 Å². The second kappa shape index (κ2) is 5.72. The van der Waals surface area contributed by atoms with Crippen molar-refractivity contribution < 1.29 is 0 Å². The van der Waals surface area contributed by atoms with Crippen LogP contribution in [0.15, 0.2) is 34.8 Å². The molecule has 1 unspecified atom stereocenters. The van der Waals surface area contributed by atoms with Gasteiger partial charge in [0.25, 0.3) is 0 Å². The fraction of sp³-hybridized carbons (Fsp3) is 0.167. The maximum Gasteiger partial charge on any atom is 0.107 e. The van der Waals surface area contributed by atoms with Crippen molar-refractivity contribution >= 4 is 50.5 Å². The monoisotopic (exact) mass is 349 g/mol. The molecule has 1 nitrogen and oxygen atoms in total. The van der Waals surface area contributed by atoms with Crippen LogP contribution in [-0.4, -0.2) is 7.05 Å². The molecule has 0 saturated heterocycles. The Balaban J connectivity index is 2.36. The first-order valence-corrected chi connectivity index (χ1v) is 7.36. The van der Waals surface area contributed by atoms with E-state index in [1.165, 1.54) is 10.4 Å². The number of thiophene rings is 1. The molecule has 0 radical (unpaired) electrons. The number of halogens is 3. The first-order valence-electron chi connectivity index (χ1n) is 4.99. The third-order valence-corrected chi connectivity index (χ3v) is 5.23. The van der Waals surface area contributed by atoms with Crippen molar-refractivity contribution in [3.8, 4) is 0 Å². The van der Waals surface area contributed by atoms with E-state index >= 15 is 0 Å². The highest BCUT2D eigenvalue weighted by molar-refractivity contribution is 9.10. The van der Waals surface area contributed by atoms with Gasteiger partial charge in [0.2, 0.25) is 0 Å². The molecule has 0 saturated carbocycles. The smallest absolute Gasteiger partial charge is 0.107 e. The van der Waals surface area contributed by atoms with Gasteiger partial charge in [0.05, 0.1) is 6.04 Å².